The average molecular weight is 197 g/mol. The highest BCUT2D eigenvalue weighted by atomic mass is 19.2. The molecule has 0 bridgehead atoms. The van der Waals surface area contributed by atoms with Gasteiger partial charge in [-0.3, -0.25) is 4.79 Å². The van der Waals surface area contributed by atoms with Gasteiger partial charge in [0.1, 0.15) is 0 Å². The van der Waals surface area contributed by atoms with Crippen molar-refractivity contribution in [2.24, 2.45) is 0 Å². The lowest BCUT2D eigenvalue weighted by Gasteiger charge is -2.10. The van der Waals surface area contributed by atoms with Crippen LogP contribution in [0.25, 0.3) is 0 Å². The van der Waals surface area contributed by atoms with E-state index in [0.717, 1.165) is 6.07 Å². The van der Waals surface area contributed by atoms with Crippen LogP contribution in [0.4, 0.5) is 8.78 Å². The fraction of sp³-hybridized carbons (Fsp3) is 0.300. The third-order valence-electron chi connectivity index (χ3n) is 2.44. The summed E-state index contributed by atoms with van der Waals surface area (Å²) < 4.78 is 26.1. The third kappa shape index (κ3) is 1.10. The van der Waals surface area contributed by atoms with Crippen molar-refractivity contribution < 1.29 is 13.6 Å². The van der Waals surface area contributed by atoms with E-state index in [2.05, 4.69) is 0 Å². The zero-order valence-corrected chi connectivity index (χ0v) is 7.68. The number of fused-ring (bicyclic) bond motifs is 1. The third-order valence-corrected chi connectivity index (χ3v) is 2.44. The van der Waals surface area contributed by atoms with E-state index in [9.17, 15) is 13.6 Å². The number of nitrogens with zero attached hydrogens (tertiary/aromatic N) is 1. The molecule has 0 unspecified atom stereocenters. The monoisotopic (exact) mass is 197 g/mol. The summed E-state index contributed by atoms with van der Waals surface area (Å²) in [5.74, 6) is -2.01. The molecule has 1 aromatic rings. The van der Waals surface area contributed by atoms with Crippen molar-refractivity contribution in [1.29, 1.82) is 0 Å². The maximum atomic E-state index is 13.2. The second-order valence-corrected chi connectivity index (χ2v) is 3.21. The molecule has 1 aromatic carbocycles. The van der Waals surface area contributed by atoms with E-state index in [0.29, 0.717) is 6.54 Å². The number of rotatable bonds is 1. The smallest absolute Gasteiger partial charge is 0.254 e. The van der Waals surface area contributed by atoms with Crippen LogP contribution in [-0.4, -0.2) is 17.4 Å². The van der Waals surface area contributed by atoms with Crippen molar-refractivity contribution in [3.05, 3.63) is 34.9 Å². The SMILES string of the molecule is CCN1Cc2c(ccc(F)c2F)C1=O. The molecule has 1 aliphatic rings. The Morgan fingerprint density at radius 2 is 2.14 bits per heavy atom. The molecular formula is C10H9F2NO. The largest absolute Gasteiger partial charge is 0.334 e. The van der Waals surface area contributed by atoms with Crippen molar-refractivity contribution in [2.45, 2.75) is 13.5 Å². The predicted molar refractivity (Wildman–Crippen MR) is 46.8 cm³/mol. The topological polar surface area (TPSA) is 20.3 Å². The van der Waals surface area contributed by atoms with E-state index in [-0.39, 0.29) is 23.6 Å². The van der Waals surface area contributed by atoms with Gasteiger partial charge in [-0.2, -0.15) is 0 Å². The first kappa shape index (κ1) is 9.12. The molecule has 74 valence electrons. The van der Waals surface area contributed by atoms with Crippen LogP contribution in [0.5, 0.6) is 0 Å². The van der Waals surface area contributed by atoms with Crippen molar-refractivity contribution in [3.63, 3.8) is 0 Å². The molecule has 14 heavy (non-hydrogen) atoms. The van der Waals surface area contributed by atoms with Gasteiger partial charge in [-0.15, -0.1) is 0 Å². The van der Waals surface area contributed by atoms with Gasteiger partial charge in [-0.25, -0.2) is 8.78 Å². The van der Waals surface area contributed by atoms with Crippen LogP contribution in [0.15, 0.2) is 12.1 Å². The molecule has 0 saturated carbocycles. The molecule has 1 heterocycles. The standard InChI is InChI=1S/C10H9F2NO/c1-2-13-5-7-6(10(13)14)3-4-8(11)9(7)12/h3-4H,2,5H2,1H3. The quantitative estimate of drug-likeness (QED) is 0.673. The number of amides is 1. The van der Waals surface area contributed by atoms with Gasteiger partial charge in [0.15, 0.2) is 11.6 Å². The van der Waals surface area contributed by atoms with Gasteiger partial charge in [0.2, 0.25) is 0 Å². The first-order chi connectivity index (χ1) is 6.65. The first-order valence-corrected chi connectivity index (χ1v) is 4.41. The molecule has 0 fully saturated rings. The molecule has 0 N–H and O–H groups in total. The summed E-state index contributed by atoms with van der Waals surface area (Å²) in [7, 11) is 0. The highest BCUT2D eigenvalue weighted by molar-refractivity contribution is 5.98. The lowest BCUT2D eigenvalue weighted by atomic mass is 10.1. The summed E-state index contributed by atoms with van der Waals surface area (Å²) >= 11 is 0. The molecule has 0 radical (unpaired) electrons. The highest BCUT2D eigenvalue weighted by Crippen LogP contribution is 2.26. The summed E-state index contributed by atoms with van der Waals surface area (Å²) in [6.45, 7) is 2.49. The number of hydrogen-bond acceptors (Lipinski definition) is 1. The van der Waals surface area contributed by atoms with Crippen LogP contribution >= 0.6 is 0 Å². The predicted octanol–water partition coefficient (Wildman–Crippen LogP) is 1.94. The van der Waals surface area contributed by atoms with Crippen molar-refractivity contribution in [3.8, 4) is 0 Å². The highest BCUT2D eigenvalue weighted by Gasteiger charge is 2.29. The van der Waals surface area contributed by atoms with Crippen molar-refractivity contribution in [2.75, 3.05) is 6.54 Å². The summed E-state index contributed by atoms with van der Waals surface area (Å²) in [5.41, 5.74) is 0.461. The number of hydrogen-bond donors (Lipinski definition) is 0. The molecule has 0 atom stereocenters. The zero-order chi connectivity index (χ0) is 10.3. The molecule has 1 amide bonds. The van der Waals surface area contributed by atoms with E-state index in [1.807, 2.05) is 0 Å². The number of benzene rings is 1. The summed E-state index contributed by atoms with van der Waals surface area (Å²) in [6.07, 6.45) is 0. The molecule has 4 heteroatoms. The van der Waals surface area contributed by atoms with E-state index in [1.54, 1.807) is 6.92 Å². The Labute approximate surface area is 80.1 Å². The molecule has 2 nitrogen and oxygen atoms in total. The van der Waals surface area contributed by atoms with Gasteiger partial charge in [0, 0.05) is 24.2 Å². The van der Waals surface area contributed by atoms with Crippen LogP contribution in [0, 0.1) is 11.6 Å². The van der Waals surface area contributed by atoms with E-state index >= 15 is 0 Å². The summed E-state index contributed by atoms with van der Waals surface area (Å²) in [5, 5.41) is 0. The van der Waals surface area contributed by atoms with Crippen LogP contribution in [0.2, 0.25) is 0 Å². The second kappa shape index (κ2) is 3.04. The molecule has 0 saturated heterocycles. The fourth-order valence-corrected chi connectivity index (χ4v) is 1.64. The van der Waals surface area contributed by atoms with Gasteiger partial charge in [0.05, 0.1) is 0 Å². The zero-order valence-electron chi connectivity index (χ0n) is 7.68. The van der Waals surface area contributed by atoms with E-state index in [1.165, 1.54) is 11.0 Å². The normalized spacial score (nSPS) is 14.8. The summed E-state index contributed by atoms with van der Waals surface area (Å²) in [6, 6.07) is 2.33. The maximum absolute atomic E-state index is 13.2. The van der Waals surface area contributed by atoms with E-state index in [4.69, 9.17) is 0 Å². The maximum Gasteiger partial charge on any atom is 0.254 e. The first-order valence-electron chi connectivity index (χ1n) is 4.41. The lowest BCUT2D eigenvalue weighted by Crippen LogP contribution is -2.22. The minimum absolute atomic E-state index is 0.175. The van der Waals surface area contributed by atoms with Gasteiger partial charge in [-0.05, 0) is 19.1 Å². The van der Waals surface area contributed by atoms with Gasteiger partial charge in [0.25, 0.3) is 5.91 Å². The van der Waals surface area contributed by atoms with Crippen molar-refractivity contribution >= 4 is 5.91 Å². The molecule has 0 aromatic heterocycles. The Balaban J connectivity index is 2.53. The molecule has 0 aliphatic carbocycles. The summed E-state index contributed by atoms with van der Waals surface area (Å²) in [4.78, 5) is 13.0. The van der Waals surface area contributed by atoms with Crippen LogP contribution < -0.4 is 0 Å². The Hall–Kier alpha value is -1.45. The Bertz CT molecular complexity index is 403. The second-order valence-electron chi connectivity index (χ2n) is 3.21. The van der Waals surface area contributed by atoms with Crippen molar-refractivity contribution in [1.82, 2.24) is 4.90 Å². The number of halogens is 2. The number of carbonyl (C=O) groups excluding carboxylic acids is 1. The lowest BCUT2D eigenvalue weighted by molar-refractivity contribution is 0.0787. The fourth-order valence-electron chi connectivity index (χ4n) is 1.64. The van der Waals surface area contributed by atoms with Crippen LogP contribution in [-0.2, 0) is 6.54 Å². The van der Waals surface area contributed by atoms with Crippen LogP contribution in [0.3, 0.4) is 0 Å². The number of carbonyl (C=O) groups is 1. The van der Waals surface area contributed by atoms with Crippen LogP contribution in [0.1, 0.15) is 22.8 Å². The van der Waals surface area contributed by atoms with Gasteiger partial charge in [-0.1, -0.05) is 0 Å². The Morgan fingerprint density at radius 1 is 1.43 bits per heavy atom. The minimum Gasteiger partial charge on any atom is -0.334 e. The molecular weight excluding hydrogens is 188 g/mol. The van der Waals surface area contributed by atoms with Gasteiger partial charge < -0.3 is 4.90 Å². The van der Waals surface area contributed by atoms with Gasteiger partial charge >= 0.3 is 0 Å². The van der Waals surface area contributed by atoms with E-state index < -0.39 is 11.6 Å². The minimum atomic E-state index is -0.896. The molecule has 2 rings (SSSR count). The average Bonchev–Trinajstić information content (AvgIpc) is 2.50. The molecule has 0 spiro atoms. The Kier molecular flexibility index (Phi) is 1.98. The molecule has 1 aliphatic heterocycles. The Morgan fingerprint density at radius 3 is 2.79 bits per heavy atom.